The lowest BCUT2D eigenvalue weighted by Crippen LogP contribution is -2.55. The SMILES string of the molecule is CCc1cnc2c(=O)c3c(Cl)cccc3oc2c1-c1ccc(N2CCN(C(=O)OC(C)(C)C)[C@@H](C)C2)cc1. The molecule has 1 amide bonds. The van der Waals surface area contributed by atoms with Crippen LogP contribution in [-0.4, -0.2) is 47.3 Å². The number of hydrogen-bond acceptors (Lipinski definition) is 6. The van der Waals surface area contributed by atoms with Gasteiger partial charge in [-0.05, 0) is 69.5 Å². The fourth-order valence-corrected chi connectivity index (χ4v) is 5.29. The zero-order chi connectivity index (χ0) is 27.2. The van der Waals surface area contributed by atoms with Gasteiger partial charge in [0, 0.05) is 43.1 Å². The number of amides is 1. The molecule has 0 N–H and O–H groups in total. The Kier molecular flexibility index (Phi) is 6.82. The molecule has 198 valence electrons. The van der Waals surface area contributed by atoms with Gasteiger partial charge in [0.2, 0.25) is 5.43 Å². The molecule has 1 fully saturated rings. The first-order chi connectivity index (χ1) is 18.1. The Labute approximate surface area is 227 Å². The van der Waals surface area contributed by atoms with Gasteiger partial charge in [-0.25, -0.2) is 9.78 Å². The van der Waals surface area contributed by atoms with Crippen LogP contribution < -0.4 is 10.3 Å². The van der Waals surface area contributed by atoms with Crippen LogP contribution in [0.3, 0.4) is 0 Å². The third-order valence-corrected chi connectivity index (χ3v) is 7.21. The van der Waals surface area contributed by atoms with Gasteiger partial charge in [0.1, 0.15) is 11.2 Å². The number of halogens is 1. The summed E-state index contributed by atoms with van der Waals surface area (Å²) in [4.78, 5) is 34.4. The van der Waals surface area contributed by atoms with E-state index in [2.05, 4.69) is 41.1 Å². The molecule has 0 unspecified atom stereocenters. The van der Waals surface area contributed by atoms with Crippen LogP contribution >= 0.6 is 11.6 Å². The van der Waals surface area contributed by atoms with Crippen LogP contribution in [0, 0.1) is 0 Å². The molecule has 2 aromatic carbocycles. The van der Waals surface area contributed by atoms with Crippen LogP contribution in [0.1, 0.15) is 40.2 Å². The summed E-state index contributed by atoms with van der Waals surface area (Å²) in [5.74, 6) is 0. The van der Waals surface area contributed by atoms with Gasteiger partial charge in [-0.3, -0.25) is 4.79 Å². The van der Waals surface area contributed by atoms with Crippen LogP contribution in [0.25, 0.3) is 33.2 Å². The first kappa shape index (κ1) is 26.0. The summed E-state index contributed by atoms with van der Waals surface area (Å²) >= 11 is 6.31. The molecule has 7 nitrogen and oxygen atoms in total. The number of anilines is 1. The van der Waals surface area contributed by atoms with Crippen molar-refractivity contribution in [3.8, 4) is 11.1 Å². The molecule has 0 radical (unpaired) electrons. The minimum absolute atomic E-state index is 0.0171. The second-order valence-corrected chi connectivity index (χ2v) is 11.2. The monoisotopic (exact) mass is 533 g/mol. The Morgan fingerprint density at radius 2 is 1.89 bits per heavy atom. The number of pyridine rings is 1. The van der Waals surface area contributed by atoms with E-state index in [1.807, 2.05) is 27.7 Å². The van der Waals surface area contributed by atoms with E-state index in [0.717, 1.165) is 28.8 Å². The number of carbonyl (C=O) groups is 1. The minimum atomic E-state index is -0.518. The van der Waals surface area contributed by atoms with Gasteiger partial charge in [0.25, 0.3) is 0 Å². The minimum Gasteiger partial charge on any atom is -0.453 e. The predicted octanol–water partition coefficient (Wildman–Crippen LogP) is 6.67. The molecular weight excluding hydrogens is 502 g/mol. The Hall–Kier alpha value is -3.58. The molecule has 1 aliphatic heterocycles. The lowest BCUT2D eigenvalue weighted by molar-refractivity contribution is 0.0159. The third kappa shape index (κ3) is 4.83. The molecule has 38 heavy (non-hydrogen) atoms. The normalized spacial score (nSPS) is 16.3. The van der Waals surface area contributed by atoms with E-state index >= 15 is 0 Å². The van der Waals surface area contributed by atoms with Crippen molar-refractivity contribution in [1.29, 1.82) is 0 Å². The summed E-state index contributed by atoms with van der Waals surface area (Å²) in [7, 11) is 0. The third-order valence-electron chi connectivity index (χ3n) is 6.90. The van der Waals surface area contributed by atoms with Crippen molar-refractivity contribution in [2.45, 2.75) is 52.7 Å². The molecule has 0 aliphatic carbocycles. The van der Waals surface area contributed by atoms with Gasteiger partial charge < -0.3 is 19.0 Å². The van der Waals surface area contributed by atoms with Crippen LogP contribution in [0.5, 0.6) is 0 Å². The first-order valence-corrected chi connectivity index (χ1v) is 13.3. The van der Waals surface area contributed by atoms with Crippen molar-refractivity contribution in [3.63, 3.8) is 0 Å². The first-order valence-electron chi connectivity index (χ1n) is 12.9. The van der Waals surface area contributed by atoms with E-state index in [4.69, 9.17) is 20.8 Å². The molecule has 0 saturated carbocycles. The maximum absolute atomic E-state index is 13.3. The van der Waals surface area contributed by atoms with Crippen LogP contribution in [0.15, 0.2) is 57.9 Å². The molecule has 4 aromatic rings. The van der Waals surface area contributed by atoms with E-state index < -0.39 is 5.60 Å². The molecule has 0 spiro atoms. The van der Waals surface area contributed by atoms with Crippen molar-refractivity contribution >= 4 is 45.5 Å². The molecule has 1 aliphatic rings. The smallest absolute Gasteiger partial charge is 0.410 e. The average Bonchev–Trinajstić information content (AvgIpc) is 2.87. The zero-order valence-corrected chi connectivity index (χ0v) is 23.1. The lowest BCUT2D eigenvalue weighted by atomic mass is 9.97. The number of rotatable bonds is 3. The number of hydrogen-bond donors (Lipinski definition) is 0. The highest BCUT2D eigenvalue weighted by molar-refractivity contribution is 6.35. The predicted molar refractivity (Wildman–Crippen MR) is 152 cm³/mol. The van der Waals surface area contributed by atoms with E-state index in [1.54, 1.807) is 29.3 Å². The second-order valence-electron chi connectivity index (χ2n) is 10.7. The fraction of sp³-hybridized carbons (Fsp3) is 0.367. The van der Waals surface area contributed by atoms with Gasteiger partial charge in [0.15, 0.2) is 11.1 Å². The van der Waals surface area contributed by atoms with Gasteiger partial charge >= 0.3 is 6.09 Å². The van der Waals surface area contributed by atoms with E-state index in [9.17, 15) is 9.59 Å². The number of carbonyl (C=O) groups excluding carboxylic acids is 1. The zero-order valence-electron chi connectivity index (χ0n) is 22.4. The van der Waals surface area contributed by atoms with Crippen molar-refractivity contribution in [3.05, 3.63) is 69.5 Å². The number of fused-ring (bicyclic) bond motifs is 2. The topological polar surface area (TPSA) is 75.9 Å². The number of nitrogens with zero attached hydrogens (tertiary/aromatic N) is 3. The van der Waals surface area contributed by atoms with Crippen LogP contribution in [-0.2, 0) is 11.2 Å². The molecule has 3 heterocycles. The van der Waals surface area contributed by atoms with Gasteiger partial charge in [-0.2, -0.15) is 0 Å². The molecule has 1 atom stereocenters. The summed E-state index contributed by atoms with van der Waals surface area (Å²) in [5.41, 5.74) is 4.31. The van der Waals surface area contributed by atoms with Crippen molar-refractivity contribution in [1.82, 2.24) is 9.88 Å². The molecule has 1 saturated heterocycles. The van der Waals surface area contributed by atoms with Crippen LogP contribution in [0.4, 0.5) is 10.5 Å². The molecule has 8 heteroatoms. The summed E-state index contributed by atoms with van der Waals surface area (Å²) < 4.78 is 11.8. The summed E-state index contributed by atoms with van der Waals surface area (Å²) in [6, 6.07) is 13.5. The van der Waals surface area contributed by atoms with E-state index in [1.165, 1.54) is 0 Å². The number of benzene rings is 2. The second kappa shape index (κ2) is 9.95. The maximum Gasteiger partial charge on any atom is 0.410 e. The lowest BCUT2D eigenvalue weighted by Gasteiger charge is -2.41. The molecule has 2 aromatic heterocycles. The van der Waals surface area contributed by atoms with Gasteiger partial charge in [0.05, 0.1) is 10.4 Å². The quantitative estimate of drug-likeness (QED) is 0.274. The van der Waals surface area contributed by atoms with Crippen molar-refractivity contribution < 1.29 is 13.9 Å². The highest BCUT2D eigenvalue weighted by Crippen LogP contribution is 2.34. The molecule has 0 bridgehead atoms. The molecule has 5 rings (SSSR count). The average molecular weight is 534 g/mol. The fourth-order valence-electron chi connectivity index (χ4n) is 5.04. The summed E-state index contributed by atoms with van der Waals surface area (Å²) in [6.45, 7) is 11.8. The highest BCUT2D eigenvalue weighted by atomic mass is 35.5. The summed E-state index contributed by atoms with van der Waals surface area (Å²) in [6.07, 6.45) is 2.22. The largest absolute Gasteiger partial charge is 0.453 e. The van der Waals surface area contributed by atoms with Gasteiger partial charge in [-0.1, -0.05) is 36.7 Å². The molecular formula is C30H32ClN3O4. The van der Waals surface area contributed by atoms with Gasteiger partial charge in [-0.15, -0.1) is 0 Å². The Bertz CT molecular complexity index is 1570. The highest BCUT2D eigenvalue weighted by Gasteiger charge is 2.31. The van der Waals surface area contributed by atoms with Crippen molar-refractivity contribution in [2.75, 3.05) is 24.5 Å². The number of ether oxygens (including phenoxy) is 1. The Morgan fingerprint density at radius 1 is 1.16 bits per heavy atom. The van der Waals surface area contributed by atoms with E-state index in [-0.39, 0.29) is 23.1 Å². The van der Waals surface area contributed by atoms with Crippen molar-refractivity contribution in [2.24, 2.45) is 0 Å². The Balaban J connectivity index is 1.47. The number of aryl methyl sites for hydroxylation is 1. The summed E-state index contributed by atoms with van der Waals surface area (Å²) in [5, 5.41) is 0.700. The maximum atomic E-state index is 13.3. The Morgan fingerprint density at radius 3 is 2.55 bits per heavy atom. The number of piperazine rings is 1. The van der Waals surface area contributed by atoms with Crippen LogP contribution in [0.2, 0.25) is 5.02 Å². The van der Waals surface area contributed by atoms with E-state index in [0.29, 0.717) is 41.2 Å². The standard InChI is InChI=1S/C30H32ClN3O4/c1-6-19-16-32-26-27(35)25-22(31)8-7-9-23(25)37-28(26)24(19)20-10-12-21(13-11-20)33-14-15-34(18(2)17-33)29(36)38-30(3,4)5/h7-13,16,18H,6,14-15,17H2,1-5H3/t18-/m0/s1. The number of aromatic nitrogens is 1.